The molecule has 6 nitrogen and oxygen atoms in total. The summed E-state index contributed by atoms with van der Waals surface area (Å²) >= 11 is 0. The molecule has 0 aliphatic carbocycles. The topological polar surface area (TPSA) is 83.6 Å². The average molecular weight is 455 g/mol. The lowest BCUT2D eigenvalue weighted by atomic mass is 10.0. The van der Waals surface area contributed by atoms with Gasteiger partial charge in [-0.2, -0.15) is 0 Å². The van der Waals surface area contributed by atoms with Gasteiger partial charge in [0.05, 0.1) is 6.54 Å². The maximum Gasteiger partial charge on any atom is 0.268 e. The molecule has 0 saturated carbocycles. The average Bonchev–Trinajstić information content (AvgIpc) is 2.93. The number of hydrogen-bond donors (Lipinski definition) is 1. The minimum Gasteiger partial charge on any atom is -0.350 e. The number of rotatable bonds is 7. The molecular weight excluding hydrogens is 424 g/mol. The first-order valence-electron chi connectivity index (χ1n) is 10.8. The Bertz CT molecular complexity index is 1150. The van der Waals surface area contributed by atoms with E-state index >= 15 is 0 Å². The van der Waals surface area contributed by atoms with E-state index in [9.17, 15) is 18.0 Å². The summed E-state index contributed by atoms with van der Waals surface area (Å²) in [5, 5.41) is 2.89. The summed E-state index contributed by atoms with van der Waals surface area (Å²) in [6.45, 7) is 9.52. The van der Waals surface area contributed by atoms with E-state index in [1.807, 2.05) is 26.0 Å². The molecule has 0 aromatic heterocycles. The van der Waals surface area contributed by atoms with Gasteiger partial charge >= 0.3 is 0 Å². The van der Waals surface area contributed by atoms with E-state index in [1.165, 1.54) is 0 Å². The highest BCUT2D eigenvalue weighted by Gasteiger charge is 2.42. The third-order valence-electron chi connectivity index (χ3n) is 5.81. The lowest BCUT2D eigenvalue weighted by Crippen LogP contribution is -2.32. The maximum absolute atomic E-state index is 13.3. The summed E-state index contributed by atoms with van der Waals surface area (Å²) in [6, 6.07) is 14.0. The van der Waals surface area contributed by atoms with Gasteiger partial charge in [0.2, 0.25) is 0 Å². The van der Waals surface area contributed by atoms with Crippen LogP contribution >= 0.6 is 0 Å². The highest BCUT2D eigenvalue weighted by Crippen LogP contribution is 2.36. The molecule has 0 spiro atoms. The molecule has 0 bridgehead atoms. The van der Waals surface area contributed by atoms with Gasteiger partial charge in [-0.3, -0.25) is 9.59 Å². The SMILES string of the molecule is CCC(C)NC(=O)c1ccc(CN2C(=O)C(C)=C(c3ccc(C(C)C)cc3)S2(=O)=O)cc1. The molecule has 7 heteroatoms. The van der Waals surface area contributed by atoms with Crippen LogP contribution in [0, 0.1) is 0 Å². The van der Waals surface area contributed by atoms with E-state index in [0.717, 1.165) is 16.3 Å². The van der Waals surface area contributed by atoms with E-state index in [-0.39, 0.29) is 29.0 Å². The summed E-state index contributed by atoms with van der Waals surface area (Å²) in [5.74, 6) is -0.375. The van der Waals surface area contributed by atoms with Crippen molar-refractivity contribution in [2.75, 3.05) is 0 Å². The van der Waals surface area contributed by atoms with Crippen LogP contribution in [-0.4, -0.2) is 30.6 Å². The van der Waals surface area contributed by atoms with Crippen molar-refractivity contribution >= 4 is 26.7 Å². The van der Waals surface area contributed by atoms with Crippen molar-refractivity contribution in [3.8, 4) is 0 Å². The molecule has 170 valence electrons. The summed E-state index contributed by atoms with van der Waals surface area (Å²) in [4.78, 5) is 25.2. The van der Waals surface area contributed by atoms with Gasteiger partial charge in [0.15, 0.2) is 0 Å². The van der Waals surface area contributed by atoms with E-state index in [1.54, 1.807) is 43.3 Å². The molecular formula is C25H30N2O4S. The van der Waals surface area contributed by atoms with Crippen LogP contribution in [0.4, 0.5) is 0 Å². The quantitative estimate of drug-likeness (QED) is 0.670. The number of carbonyl (C=O) groups is 2. The molecule has 1 N–H and O–H groups in total. The lowest BCUT2D eigenvalue weighted by molar-refractivity contribution is -0.122. The lowest BCUT2D eigenvalue weighted by Gasteiger charge is -2.17. The van der Waals surface area contributed by atoms with Gasteiger partial charge in [0, 0.05) is 17.2 Å². The number of nitrogens with one attached hydrogen (secondary N) is 1. The fourth-order valence-electron chi connectivity index (χ4n) is 3.58. The maximum atomic E-state index is 13.3. The van der Waals surface area contributed by atoms with Crippen LogP contribution in [-0.2, 0) is 21.4 Å². The van der Waals surface area contributed by atoms with Crippen molar-refractivity contribution in [3.05, 3.63) is 76.4 Å². The van der Waals surface area contributed by atoms with E-state index < -0.39 is 15.9 Å². The molecule has 0 fully saturated rings. The van der Waals surface area contributed by atoms with E-state index in [4.69, 9.17) is 0 Å². The fourth-order valence-corrected chi connectivity index (χ4v) is 5.38. The van der Waals surface area contributed by atoms with Crippen LogP contribution in [0.1, 0.15) is 74.0 Å². The third-order valence-corrected chi connectivity index (χ3v) is 7.74. The van der Waals surface area contributed by atoms with Crippen molar-refractivity contribution < 1.29 is 18.0 Å². The van der Waals surface area contributed by atoms with Crippen molar-refractivity contribution in [3.63, 3.8) is 0 Å². The van der Waals surface area contributed by atoms with Gasteiger partial charge in [-0.05, 0) is 55.0 Å². The molecule has 32 heavy (non-hydrogen) atoms. The first kappa shape index (κ1) is 23.7. The molecule has 2 amide bonds. The van der Waals surface area contributed by atoms with E-state index in [2.05, 4.69) is 19.2 Å². The highest BCUT2D eigenvalue weighted by atomic mass is 32.2. The Morgan fingerprint density at radius 2 is 1.59 bits per heavy atom. The first-order valence-corrected chi connectivity index (χ1v) is 12.3. The zero-order valence-electron chi connectivity index (χ0n) is 19.2. The minimum atomic E-state index is -3.97. The van der Waals surface area contributed by atoms with Gasteiger partial charge in [-0.15, -0.1) is 0 Å². The normalized spacial score (nSPS) is 16.6. The Balaban J connectivity index is 1.82. The first-order chi connectivity index (χ1) is 15.1. The molecule has 2 aromatic carbocycles. The Kier molecular flexibility index (Phi) is 6.88. The van der Waals surface area contributed by atoms with Gasteiger partial charge in [-0.25, -0.2) is 12.7 Å². The molecule has 1 aliphatic rings. The largest absolute Gasteiger partial charge is 0.350 e. The zero-order valence-corrected chi connectivity index (χ0v) is 20.0. The molecule has 0 saturated heterocycles. The number of nitrogens with zero attached hydrogens (tertiary/aromatic N) is 1. The number of carbonyl (C=O) groups excluding carboxylic acids is 2. The molecule has 1 atom stereocenters. The molecule has 1 aliphatic heterocycles. The summed E-state index contributed by atoms with van der Waals surface area (Å²) < 4.78 is 27.4. The minimum absolute atomic E-state index is 0.0577. The second-order valence-corrected chi connectivity index (χ2v) is 10.3. The Hall–Kier alpha value is -2.93. The number of hydrogen-bond acceptors (Lipinski definition) is 4. The smallest absolute Gasteiger partial charge is 0.268 e. The van der Waals surface area contributed by atoms with Gasteiger partial charge < -0.3 is 5.32 Å². The van der Waals surface area contributed by atoms with Gasteiger partial charge in [0.1, 0.15) is 4.91 Å². The van der Waals surface area contributed by atoms with Crippen LogP contribution < -0.4 is 5.32 Å². The second-order valence-electron chi connectivity index (χ2n) is 8.53. The molecule has 1 heterocycles. The van der Waals surface area contributed by atoms with Crippen molar-refractivity contribution in [1.29, 1.82) is 0 Å². The number of benzene rings is 2. The predicted octanol–water partition coefficient (Wildman–Crippen LogP) is 4.44. The fraction of sp³-hybridized carbons (Fsp3) is 0.360. The van der Waals surface area contributed by atoms with Crippen LogP contribution in [0.5, 0.6) is 0 Å². The van der Waals surface area contributed by atoms with Crippen molar-refractivity contribution in [2.24, 2.45) is 0 Å². The van der Waals surface area contributed by atoms with Crippen LogP contribution in [0.15, 0.2) is 54.1 Å². The molecule has 0 radical (unpaired) electrons. The van der Waals surface area contributed by atoms with Gasteiger partial charge in [0.25, 0.3) is 21.8 Å². The summed E-state index contributed by atoms with van der Waals surface area (Å²) in [5.41, 5.74) is 2.95. The Morgan fingerprint density at radius 1 is 1.00 bits per heavy atom. The van der Waals surface area contributed by atoms with Crippen LogP contribution in [0.25, 0.3) is 4.91 Å². The Morgan fingerprint density at radius 3 is 2.12 bits per heavy atom. The number of sulfonamides is 1. The van der Waals surface area contributed by atoms with Crippen molar-refractivity contribution in [1.82, 2.24) is 9.62 Å². The summed E-state index contributed by atoms with van der Waals surface area (Å²) in [6.07, 6.45) is 0.827. The van der Waals surface area contributed by atoms with Gasteiger partial charge in [-0.1, -0.05) is 57.2 Å². The summed E-state index contributed by atoms with van der Waals surface area (Å²) in [7, 11) is -3.97. The molecule has 1 unspecified atom stereocenters. The zero-order chi connectivity index (χ0) is 23.6. The predicted molar refractivity (Wildman–Crippen MR) is 126 cm³/mol. The standard InChI is InChI=1S/C25H30N2O4S/c1-6-17(4)26-24(28)22-9-7-19(8-10-22)15-27-25(29)18(5)23(32(27,30)31)21-13-11-20(12-14-21)16(2)3/h7-14,16-17H,6,15H2,1-5H3,(H,26,28). The monoisotopic (exact) mass is 454 g/mol. The molecule has 2 aromatic rings. The van der Waals surface area contributed by atoms with Crippen LogP contribution in [0.3, 0.4) is 0 Å². The second kappa shape index (κ2) is 9.28. The van der Waals surface area contributed by atoms with Crippen molar-refractivity contribution in [2.45, 2.75) is 59.5 Å². The van der Waals surface area contributed by atoms with E-state index in [0.29, 0.717) is 22.6 Å². The third kappa shape index (κ3) is 4.63. The number of amides is 2. The van der Waals surface area contributed by atoms with Crippen LogP contribution in [0.2, 0.25) is 0 Å². The highest BCUT2D eigenvalue weighted by molar-refractivity contribution is 7.99. The Labute approximate surface area is 190 Å². The molecule has 3 rings (SSSR count).